The zero-order chi connectivity index (χ0) is 13.7. The van der Waals surface area contributed by atoms with E-state index >= 15 is 0 Å². The van der Waals surface area contributed by atoms with E-state index in [4.69, 9.17) is 0 Å². The topological polar surface area (TPSA) is 0 Å². The Labute approximate surface area is 100 Å². The summed E-state index contributed by atoms with van der Waals surface area (Å²) in [7, 11) is 0. The molecule has 0 aliphatic carbocycles. The van der Waals surface area contributed by atoms with Crippen LogP contribution in [0.25, 0.3) is 0 Å². The molecule has 0 aromatic heterocycles. The molecule has 0 heterocycles. The summed E-state index contributed by atoms with van der Waals surface area (Å²) in [6, 6.07) is 0. The zero-order valence-corrected chi connectivity index (χ0v) is 13.1. The second kappa shape index (κ2) is 69.9. The van der Waals surface area contributed by atoms with Crippen molar-refractivity contribution in [2.24, 2.45) is 0 Å². The van der Waals surface area contributed by atoms with Crippen LogP contribution < -0.4 is 0 Å². The van der Waals surface area contributed by atoms with Crippen molar-refractivity contribution in [2.75, 3.05) is 0 Å². The van der Waals surface area contributed by atoms with Crippen molar-refractivity contribution < 1.29 is 0 Å². The van der Waals surface area contributed by atoms with Crippen molar-refractivity contribution in [1.29, 1.82) is 0 Å². The summed E-state index contributed by atoms with van der Waals surface area (Å²) in [5, 5.41) is 0. The van der Waals surface area contributed by atoms with E-state index in [1.807, 2.05) is 68.4 Å². The van der Waals surface area contributed by atoms with Gasteiger partial charge in [-0.3, -0.25) is 0 Å². The van der Waals surface area contributed by atoms with Gasteiger partial charge in [-0.25, -0.2) is 0 Å². The molecule has 0 N–H and O–H groups in total. The van der Waals surface area contributed by atoms with Gasteiger partial charge in [0.2, 0.25) is 0 Å². The first-order chi connectivity index (χ1) is 7.27. The normalized spacial score (nSPS) is 6.27. The molecule has 0 atom stereocenters. The van der Waals surface area contributed by atoms with Gasteiger partial charge in [0, 0.05) is 0 Å². The monoisotopic (exact) mass is 216 g/mol. The van der Waals surface area contributed by atoms with Crippen LogP contribution in [0.4, 0.5) is 0 Å². The molecule has 0 aromatic rings. The summed E-state index contributed by atoms with van der Waals surface area (Å²) >= 11 is 0. The molecule has 15 heavy (non-hydrogen) atoms. The van der Waals surface area contributed by atoms with E-state index in [0.717, 1.165) is 12.0 Å². The van der Waals surface area contributed by atoms with Gasteiger partial charge >= 0.3 is 0 Å². The Bertz CT molecular complexity index is 78.0. The summed E-state index contributed by atoms with van der Waals surface area (Å²) in [6.07, 6.45) is 5.23. The smallest absolute Gasteiger partial charge is 0.0376 e. The Hall–Kier alpha value is -0.520. The molecule has 0 nitrogen and oxygen atoms in total. The first kappa shape index (κ1) is 29.3. The van der Waals surface area contributed by atoms with Gasteiger partial charge in [-0.2, -0.15) is 0 Å². The van der Waals surface area contributed by atoms with Crippen molar-refractivity contribution in [3.63, 3.8) is 0 Å². The largest absolute Gasteiger partial charge is 0.0961 e. The van der Waals surface area contributed by atoms with Crippen molar-refractivity contribution in [3.05, 3.63) is 24.3 Å². The number of allylic oxidation sites excluding steroid dienone is 3. The fourth-order valence-corrected chi connectivity index (χ4v) is 0.319. The Balaban J connectivity index is -0.0000000353. The van der Waals surface area contributed by atoms with Crippen molar-refractivity contribution in [1.82, 2.24) is 0 Å². The lowest BCUT2D eigenvalue weighted by Crippen LogP contribution is -1.58. The lowest BCUT2D eigenvalue weighted by atomic mass is 10.3. The average molecular weight is 216 g/mol. The van der Waals surface area contributed by atoms with Crippen LogP contribution in [0, 0.1) is 0 Å². The van der Waals surface area contributed by atoms with Crippen LogP contribution in [-0.4, -0.2) is 0 Å². The van der Waals surface area contributed by atoms with Gasteiger partial charge in [0.15, 0.2) is 0 Å². The van der Waals surface area contributed by atoms with Crippen LogP contribution in [0.15, 0.2) is 24.3 Å². The molecule has 0 fully saturated rings. The lowest BCUT2D eigenvalue weighted by molar-refractivity contribution is 1.22. The molecule has 96 valence electrons. The van der Waals surface area contributed by atoms with E-state index in [2.05, 4.69) is 19.6 Å². The molecule has 0 unspecified atom stereocenters. The highest BCUT2D eigenvalue weighted by molar-refractivity contribution is 5.10. The Morgan fingerprint density at radius 3 is 1.20 bits per heavy atom. The minimum Gasteiger partial charge on any atom is -0.0961 e. The van der Waals surface area contributed by atoms with E-state index < -0.39 is 0 Å². The Kier molecular flexibility index (Phi) is 136. The molecule has 0 aliphatic heterocycles. The first-order valence-electron chi connectivity index (χ1n) is 6.59. The molecule has 0 bridgehead atoms. The van der Waals surface area contributed by atoms with Crippen molar-refractivity contribution in [3.8, 4) is 0 Å². The third-order valence-corrected chi connectivity index (χ3v) is 0.638. The highest BCUT2D eigenvalue weighted by atomic mass is 13.7. The zero-order valence-electron chi connectivity index (χ0n) is 13.1. The Morgan fingerprint density at radius 1 is 0.867 bits per heavy atom. The highest BCUT2D eigenvalue weighted by Gasteiger charge is 1.67. The minimum absolute atomic E-state index is 1.10. The van der Waals surface area contributed by atoms with Crippen LogP contribution in [0.2, 0.25) is 0 Å². The molecular weight excluding hydrogens is 180 g/mol. The molecule has 0 aromatic carbocycles. The second-order valence-corrected chi connectivity index (χ2v) is 1.66. The molecule has 0 radical (unpaired) electrons. The number of rotatable bonds is 2. The molecule has 0 saturated carbocycles. The van der Waals surface area contributed by atoms with Crippen LogP contribution in [-0.2, 0) is 0 Å². The second-order valence-electron chi connectivity index (χ2n) is 1.66. The van der Waals surface area contributed by atoms with Gasteiger partial charge in [0.1, 0.15) is 0 Å². The van der Waals surface area contributed by atoms with E-state index in [-0.39, 0.29) is 0 Å². The maximum absolute atomic E-state index is 3.71. The minimum atomic E-state index is 1.10. The summed E-state index contributed by atoms with van der Waals surface area (Å²) in [4.78, 5) is 0. The van der Waals surface area contributed by atoms with E-state index in [9.17, 15) is 0 Å². The molecule has 0 heteroatoms. The van der Waals surface area contributed by atoms with Gasteiger partial charge in [0.05, 0.1) is 0 Å². The lowest BCUT2D eigenvalue weighted by Gasteiger charge is -1.79. The van der Waals surface area contributed by atoms with Crippen LogP contribution in [0.1, 0.15) is 75.7 Å². The van der Waals surface area contributed by atoms with Crippen LogP contribution in [0.5, 0.6) is 0 Å². The van der Waals surface area contributed by atoms with Gasteiger partial charge < -0.3 is 0 Å². The third kappa shape index (κ3) is 147. The van der Waals surface area contributed by atoms with Crippen molar-refractivity contribution in [2.45, 2.75) is 75.7 Å². The molecule has 0 aliphatic rings. The van der Waals surface area contributed by atoms with Gasteiger partial charge in [-0.05, 0) is 13.3 Å². The molecule has 0 saturated heterocycles. The predicted molar refractivity (Wildman–Crippen MR) is 79.6 cm³/mol. The summed E-state index contributed by atoms with van der Waals surface area (Å²) < 4.78 is 0. The number of hydrogen-bond donors (Lipinski definition) is 0. The van der Waals surface area contributed by atoms with E-state index in [0.29, 0.717) is 0 Å². The summed E-state index contributed by atoms with van der Waals surface area (Å²) in [6.45, 7) is 23.8. The quantitative estimate of drug-likeness (QED) is 0.454. The molecular formula is C15H36. The molecule has 0 amide bonds. The summed E-state index contributed by atoms with van der Waals surface area (Å²) in [5.41, 5.74) is 1.13. The molecule has 0 rings (SSSR count). The fraction of sp³-hybridized carbons (Fsp3) is 0.733. The predicted octanol–water partition coefficient (Wildman–Crippen LogP) is 6.63. The van der Waals surface area contributed by atoms with Gasteiger partial charge in [0.25, 0.3) is 0 Å². The highest BCUT2D eigenvalue weighted by Crippen LogP contribution is 1.89. The van der Waals surface area contributed by atoms with Crippen LogP contribution in [0.3, 0.4) is 0 Å². The van der Waals surface area contributed by atoms with Crippen LogP contribution >= 0.6 is 0 Å². The Morgan fingerprint density at radius 2 is 1.13 bits per heavy atom. The SMILES string of the molecule is C=C(C)/C=C\CC.CC.CC.CC.CC. The molecule has 0 spiro atoms. The number of hydrogen-bond acceptors (Lipinski definition) is 0. The fourth-order valence-electron chi connectivity index (χ4n) is 0.319. The van der Waals surface area contributed by atoms with E-state index in [1.54, 1.807) is 0 Å². The summed E-state index contributed by atoms with van der Waals surface area (Å²) in [5.74, 6) is 0. The van der Waals surface area contributed by atoms with E-state index in [1.165, 1.54) is 0 Å². The average Bonchev–Trinajstić information content (AvgIpc) is 2.36. The maximum atomic E-state index is 3.71. The van der Waals surface area contributed by atoms with Gasteiger partial charge in [-0.15, -0.1) is 0 Å². The maximum Gasteiger partial charge on any atom is -0.0376 e. The van der Waals surface area contributed by atoms with Crippen molar-refractivity contribution >= 4 is 0 Å². The third-order valence-electron chi connectivity index (χ3n) is 0.638. The standard InChI is InChI=1S/C7H12.4C2H6/c1-4-5-6-7(2)3;4*1-2/h5-6H,2,4H2,1,3H3;4*1-2H3/b6-5-;;;;. The first-order valence-corrected chi connectivity index (χ1v) is 6.59. The van der Waals surface area contributed by atoms with Gasteiger partial charge in [-0.1, -0.05) is 86.6 Å².